The van der Waals surface area contributed by atoms with Crippen molar-refractivity contribution in [1.29, 1.82) is 0 Å². The summed E-state index contributed by atoms with van der Waals surface area (Å²) in [6.07, 6.45) is 4.92. The molecule has 0 N–H and O–H groups in total. The number of ether oxygens (including phenoxy) is 1. The molecule has 1 heterocycles. The van der Waals surface area contributed by atoms with E-state index in [9.17, 15) is 9.59 Å². The van der Waals surface area contributed by atoms with Crippen LogP contribution in [0.4, 0.5) is 0 Å². The van der Waals surface area contributed by atoms with Crippen LogP contribution < -0.4 is 5.69 Å². The van der Waals surface area contributed by atoms with Crippen molar-refractivity contribution in [3.8, 4) is 0 Å². The van der Waals surface area contributed by atoms with E-state index in [4.69, 9.17) is 11.6 Å². The van der Waals surface area contributed by atoms with E-state index in [2.05, 4.69) is 9.72 Å². The van der Waals surface area contributed by atoms with E-state index in [1.807, 2.05) is 6.92 Å². The normalized spacial score (nSPS) is 11.4. The highest BCUT2D eigenvalue weighted by molar-refractivity contribution is 6.30. The largest absolute Gasteiger partial charge is 0.466 e. The number of aromatic nitrogens is 2. The fraction of sp³-hybridized carbons (Fsp3) is 0.364. The van der Waals surface area contributed by atoms with Crippen molar-refractivity contribution in [1.82, 2.24) is 9.55 Å². The minimum absolute atomic E-state index is 0.241. The summed E-state index contributed by atoms with van der Waals surface area (Å²) in [4.78, 5) is 26.2. The molecule has 0 unspecified atom stereocenters. The molecule has 6 heteroatoms. The molecule has 0 aliphatic rings. The van der Waals surface area contributed by atoms with Gasteiger partial charge in [0.05, 0.1) is 18.3 Å². The van der Waals surface area contributed by atoms with Gasteiger partial charge in [0.1, 0.15) is 0 Å². The van der Waals surface area contributed by atoms with Crippen molar-refractivity contribution < 1.29 is 9.53 Å². The molecular weight excluding hydrogens is 244 g/mol. The van der Waals surface area contributed by atoms with E-state index in [0.29, 0.717) is 17.0 Å². The van der Waals surface area contributed by atoms with Gasteiger partial charge in [-0.2, -0.15) is 0 Å². The van der Waals surface area contributed by atoms with Gasteiger partial charge in [-0.15, -0.1) is 0 Å². The first-order valence-electron chi connectivity index (χ1n) is 5.07. The summed E-state index contributed by atoms with van der Waals surface area (Å²) in [5, 5.41) is 0.370. The van der Waals surface area contributed by atoms with Crippen molar-refractivity contribution in [2.75, 3.05) is 7.11 Å². The van der Waals surface area contributed by atoms with Gasteiger partial charge in [0.15, 0.2) is 0 Å². The van der Waals surface area contributed by atoms with Gasteiger partial charge in [-0.1, -0.05) is 24.6 Å². The Kier molecular flexibility index (Phi) is 4.90. The zero-order chi connectivity index (χ0) is 12.8. The molecule has 1 aromatic heterocycles. The number of esters is 1. The summed E-state index contributed by atoms with van der Waals surface area (Å²) in [5.74, 6) is -0.393. The number of hydrogen-bond acceptors (Lipinski definition) is 4. The summed E-state index contributed by atoms with van der Waals surface area (Å²) >= 11 is 5.72. The predicted molar refractivity (Wildman–Crippen MR) is 63.9 cm³/mol. The first-order valence-corrected chi connectivity index (χ1v) is 5.45. The first kappa shape index (κ1) is 13.4. The smallest absolute Gasteiger partial charge is 0.347 e. The maximum absolute atomic E-state index is 11.4. The highest BCUT2D eigenvalue weighted by Gasteiger charge is 2.06. The summed E-state index contributed by atoms with van der Waals surface area (Å²) < 4.78 is 5.93. The number of carbonyl (C=O) groups is 1. The monoisotopic (exact) mass is 256 g/mol. The van der Waals surface area contributed by atoms with Gasteiger partial charge < -0.3 is 4.74 Å². The average Bonchev–Trinajstić information content (AvgIpc) is 2.33. The van der Waals surface area contributed by atoms with Crippen molar-refractivity contribution in [2.45, 2.75) is 19.9 Å². The molecule has 0 spiro atoms. The molecular formula is C11H13ClN2O3. The van der Waals surface area contributed by atoms with Crippen LogP contribution in [0.5, 0.6) is 0 Å². The van der Waals surface area contributed by atoms with Crippen LogP contribution in [0.1, 0.15) is 13.3 Å². The van der Waals surface area contributed by atoms with Gasteiger partial charge in [-0.25, -0.2) is 14.6 Å². The molecule has 0 aliphatic carbocycles. The molecule has 0 aliphatic heterocycles. The Morgan fingerprint density at radius 3 is 2.94 bits per heavy atom. The molecule has 0 fully saturated rings. The average molecular weight is 257 g/mol. The lowest BCUT2D eigenvalue weighted by Gasteiger charge is -2.04. The maximum atomic E-state index is 11.4. The Bertz CT molecular complexity index is 494. The van der Waals surface area contributed by atoms with E-state index in [-0.39, 0.29) is 6.54 Å². The Morgan fingerprint density at radius 2 is 2.35 bits per heavy atom. The Labute approximate surface area is 104 Å². The molecule has 0 saturated heterocycles. The van der Waals surface area contributed by atoms with Gasteiger partial charge in [-0.3, -0.25) is 4.57 Å². The second kappa shape index (κ2) is 6.20. The molecule has 0 atom stereocenters. The quantitative estimate of drug-likeness (QED) is 0.604. The molecule has 0 saturated carbocycles. The lowest BCUT2D eigenvalue weighted by Crippen LogP contribution is -2.21. The van der Waals surface area contributed by atoms with Crippen LogP contribution in [0.25, 0.3) is 0 Å². The summed E-state index contributed by atoms with van der Waals surface area (Å²) in [7, 11) is 1.32. The van der Waals surface area contributed by atoms with E-state index >= 15 is 0 Å². The van der Waals surface area contributed by atoms with E-state index in [1.165, 1.54) is 24.1 Å². The summed E-state index contributed by atoms with van der Waals surface area (Å²) in [5.41, 5.74) is 0.102. The van der Waals surface area contributed by atoms with Crippen molar-refractivity contribution in [2.24, 2.45) is 0 Å². The van der Waals surface area contributed by atoms with Gasteiger partial charge in [0.25, 0.3) is 0 Å². The topological polar surface area (TPSA) is 61.2 Å². The lowest BCUT2D eigenvalue weighted by molar-refractivity contribution is -0.136. The van der Waals surface area contributed by atoms with E-state index in [0.717, 1.165) is 0 Å². The lowest BCUT2D eigenvalue weighted by atomic mass is 10.2. The number of rotatable bonds is 4. The highest BCUT2D eigenvalue weighted by Crippen LogP contribution is 2.05. The van der Waals surface area contributed by atoms with E-state index < -0.39 is 11.7 Å². The summed E-state index contributed by atoms with van der Waals surface area (Å²) in [6, 6.07) is 0. The number of hydrogen-bond donors (Lipinski definition) is 0. The van der Waals surface area contributed by atoms with Gasteiger partial charge in [0, 0.05) is 18.3 Å². The minimum atomic E-state index is -0.411. The van der Waals surface area contributed by atoms with Crippen LogP contribution in [-0.4, -0.2) is 22.6 Å². The molecule has 0 bridgehead atoms. The van der Waals surface area contributed by atoms with Crippen LogP contribution in [0.15, 0.2) is 28.8 Å². The number of methoxy groups -OCH3 is 1. The third kappa shape index (κ3) is 3.71. The Morgan fingerprint density at radius 1 is 1.65 bits per heavy atom. The summed E-state index contributed by atoms with van der Waals surface area (Å²) in [6.45, 7) is 2.08. The number of halogens is 1. The van der Waals surface area contributed by atoms with Crippen molar-refractivity contribution in [3.05, 3.63) is 39.5 Å². The zero-order valence-electron chi connectivity index (χ0n) is 9.64. The van der Waals surface area contributed by atoms with Crippen LogP contribution in [0.3, 0.4) is 0 Å². The second-order valence-corrected chi connectivity index (χ2v) is 3.72. The van der Waals surface area contributed by atoms with Crippen LogP contribution in [-0.2, 0) is 16.1 Å². The fourth-order valence-electron chi connectivity index (χ4n) is 1.27. The Balaban J connectivity index is 2.91. The highest BCUT2D eigenvalue weighted by atomic mass is 35.5. The molecule has 5 nitrogen and oxygen atoms in total. The third-order valence-electron chi connectivity index (χ3n) is 2.19. The zero-order valence-corrected chi connectivity index (χ0v) is 10.4. The first-order chi connectivity index (χ1) is 8.08. The van der Waals surface area contributed by atoms with Crippen LogP contribution in [0.2, 0.25) is 5.02 Å². The van der Waals surface area contributed by atoms with Gasteiger partial charge in [0.2, 0.25) is 0 Å². The van der Waals surface area contributed by atoms with Crippen molar-refractivity contribution in [3.63, 3.8) is 0 Å². The van der Waals surface area contributed by atoms with Gasteiger partial charge in [-0.05, 0) is 6.42 Å². The SMILES string of the molecule is CC/C(=C/Cn1cc(Cl)cnc1=O)C(=O)OC. The minimum Gasteiger partial charge on any atom is -0.466 e. The third-order valence-corrected chi connectivity index (χ3v) is 2.38. The van der Waals surface area contributed by atoms with Gasteiger partial charge >= 0.3 is 11.7 Å². The van der Waals surface area contributed by atoms with Crippen LogP contribution in [0, 0.1) is 0 Å². The molecule has 92 valence electrons. The number of carbonyl (C=O) groups excluding carboxylic acids is 1. The predicted octanol–water partition coefficient (Wildman–Crippen LogP) is 1.41. The molecule has 0 amide bonds. The Hall–Kier alpha value is -1.62. The van der Waals surface area contributed by atoms with Crippen LogP contribution >= 0.6 is 11.6 Å². The van der Waals surface area contributed by atoms with E-state index in [1.54, 1.807) is 6.08 Å². The standard InChI is InChI=1S/C11H13ClN2O3/c1-3-8(10(15)17-2)4-5-14-7-9(12)6-13-11(14)16/h4,6-7H,3,5H2,1-2H3/b8-4-. The number of nitrogens with zero attached hydrogens (tertiary/aromatic N) is 2. The second-order valence-electron chi connectivity index (χ2n) is 3.28. The number of allylic oxidation sites excluding steroid dienone is 1. The molecule has 17 heavy (non-hydrogen) atoms. The molecule has 0 aromatic carbocycles. The molecule has 0 radical (unpaired) electrons. The molecule has 1 aromatic rings. The molecule has 1 rings (SSSR count). The maximum Gasteiger partial charge on any atom is 0.347 e. The fourth-order valence-corrected chi connectivity index (χ4v) is 1.44. The van der Waals surface area contributed by atoms with Crippen molar-refractivity contribution >= 4 is 17.6 Å².